The van der Waals surface area contributed by atoms with Gasteiger partial charge < -0.3 is 25.0 Å². The maximum atomic E-state index is 12.1. The second-order valence-corrected chi connectivity index (χ2v) is 6.06. The Bertz CT molecular complexity index is 782. The number of carbonyl (C=O) groups is 2. The molecule has 1 aromatic rings. The molecule has 1 amide bonds. The molecule has 4 atom stereocenters. The molecule has 0 saturated carbocycles. The van der Waals surface area contributed by atoms with Gasteiger partial charge in [0, 0.05) is 18.7 Å². The van der Waals surface area contributed by atoms with E-state index in [-0.39, 0.29) is 31.9 Å². The summed E-state index contributed by atoms with van der Waals surface area (Å²) in [6.45, 7) is 2.85. The molecular weight excluding hydrogens is 350 g/mol. The maximum absolute atomic E-state index is 12.1. The van der Waals surface area contributed by atoms with Gasteiger partial charge in [0.15, 0.2) is 0 Å². The Labute approximate surface area is 147 Å². The number of carboxylic acids is 1. The number of carboxylic acid groups (broad SMARTS) is 1. The molecule has 0 radical (unpaired) electrons. The minimum atomic E-state index is -0.833. The van der Waals surface area contributed by atoms with Crippen molar-refractivity contribution in [2.45, 2.75) is 44.7 Å². The molecule has 11 heteroatoms. The predicted octanol–water partition coefficient (Wildman–Crippen LogP) is -2.42. The van der Waals surface area contributed by atoms with Gasteiger partial charge in [-0.3, -0.25) is 23.9 Å². The van der Waals surface area contributed by atoms with Gasteiger partial charge in [-0.05, 0) is 6.92 Å². The van der Waals surface area contributed by atoms with Crippen LogP contribution in [0.4, 0.5) is 0 Å². The molecule has 0 aliphatic carbocycles. The normalized spacial score (nSPS) is 26.6. The number of hydrogen-bond donors (Lipinski definition) is 4. The third-order valence-corrected chi connectivity index (χ3v) is 3.88. The number of aliphatic hydroxyl groups is 1. The summed E-state index contributed by atoms with van der Waals surface area (Å²) in [6.07, 6.45) is -0.155. The fourth-order valence-electron chi connectivity index (χ4n) is 2.75. The number of hydrogen-bond acceptors (Lipinski definition) is 7. The number of rotatable bonds is 3. The number of aliphatic hydroxyl groups excluding tert-OH is 1. The van der Waals surface area contributed by atoms with Gasteiger partial charge in [0.1, 0.15) is 24.9 Å². The van der Waals surface area contributed by atoms with Crippen LogP contribution in [0.1, 0.15) is 12.5 Å². The largest absolute Gasteiger partial charge is 0.481 e. The number of carbonyl (C=O) groups excluding carboxylic acids is 1. The third-order valence-electron chi connectivity index (χ3n) is 3.88. The van der Waals surface area contributed by atoms with Crippen LogP contribution in [-0.2, 0) is 25.6 Å². The molecule has 2 aliphatic rings. The second kappa shape index (κ2) is 8.25. The molecule has 4 N–H and O–H groups in total. The summed E-state index contributed by atoms with van der Waals surface area (Å²) in [4.78, 5) is 46.1. The third kappa shape index (κ3) is 4.77. The Balaban J connectivity index is 0.000000552. The first-order valence-electron chi connectivity index (χ1n) is 7.89. The van der Waals surface area contributed by atoms with E-state index < -0.39 is 35.3 Å². The van der Waals surface area contributed by atoms with E-state index in [1.54, 1.807) is 6.92 Å². The van der Waals surface area contributed by atoms with Crippen LogP contribution in [0.25, 0.3) is 0 Å². The van der Waals surface area contributed by atoms with Crippen molar-refractivity contribution in [3.8, 4) is 0 Å². The first-order valence-corrected chi connectivity index (χ1v) is 7.89. The van der Waals surface area contributed by atoms with E-state index in [1.807, 2.05) is 0 Å². The van der Waals surface area contributed by atoms with E-state index >= 15 is 0 Å². The number of aryl methyl sites for hydroxylation is 1. The number of fused-ring (bicyclic) bond motifs is 1. The summed E-state index contributed by atoms with van der Waals surface area (Å²) in [5, 5.41) is 19.8. The predicted molar refractivity (Wildman–Crippen MR) is 86.8 cm³/mol. The fourth-order valence-corrected chi connectivity index (χ4v) is 2.75. The topological polar surface area (TPSA) is 160 Å². The van der Waals surface area contributed by atoms with E-state index in [9.17, 15) is 19.5 Å². The number of aromatic nitrogens is 2. The van der Waals surface area contributed by atoms with E-state index in [0.29, 0.717) is 5.56 Å². The molecule has 11 nitrogen and oxygen atoms in total. The molecule has 2 aliphatic heterocycles. The van der Waals surface area contributed by atoms with Gasteiger partial charge in [-0.15, -0.1) is 0 Å². The molecule has 144 valence electrons. The van der Waals surface area contributed by atoms with Crippen molar-refractivity contribution in [3.63, 3.8) is 0 Å². The summed E-state index contributed by atoms with van der Waals surface area (Å²) in [7, 11) is 0. The van der Waals surface area contributed by atoms with Crippen molar-refractivity contribution in [3.05, 3.63) is 32.6 Å². The standard InChI is InChI=1S/C13H17N3O6.C2H4O2/c1-6-2-16(13(20)15-12(6)19)3-9(18)14-7-4-21-11-8(17)5-22-10(7)11;1-2(3)4/h2,7-8,10-11,17H,3-5H2,1H3,(H,14,18)(H,15,19,20);1H3,(H,3,4)/t7-,8-,10-,11-;/m1./s1. The number of nitrogens with zero attached hydrogens (tertiary/aromatic N) is 1. The zero-order valence-electron chi connectivity index (χ0n) is 14.3. The molecule has 1 aromatic heterocycles. The Hall–Kier alpha value is -2.50. The molecule has 2 saturated heterocycles. The summed E-state index contributed by atoms with van der Waals surface area (Å²) in [5.41, 5.74) is -0.764. The number of aliphatic carboxylic acids is 1. The number of aromatic amines is 1. The lowest BCUT2D eigenvalue weighted by Crippen LogP contribution is -2.46. The van der Waals surface area contributed by atoms with Gasteiger partial charge in [-0.1, -0.05) is 0 Å². The SMILES string of the molecule is CC(=O)O.Cc1cn(CC(=O)N[C@@H]2CO[C@H]3[C@@H]2OC[C@H]3O)c(=O)[nH]c1=O. The van der Waals surface area contributed by atoms with Gasteiger partial charge in [0.05, 0.1) is 19.3 Å². The van der Waals surface area contributed by atoms with Crippen LogP contribution in [0.2, 0.25) is 0 Å². The van der Waals surface area contributed by atoms with Crippen LogP contribution >= 0.6 is 0 Å². The average Bonchev–Trinajstić information content (AvgIpc) is 3.08. The number of amides is 1. The zero-order chi connectivity index (χ0) is 19.4. The highest BCUT2D eigenvalue weighted by Gasteiger charge is 2.47. The highest BCUT2D eigenvalue weighted by molar-refractivity contribution is 5.76. The highest BCUT2D eigenvalue weighted by atomic mass is 16.6. The summed E-state index contributed by atoms with van der Waals surface area (Å²) >= 11 is 0. The average molecular weight is 371 g/mol. The molecule has 26 heavy (non-hydrogen) atoms. The molecule has 3 heterocycles. The first kappa shape index (κ1) is 19.8. The van der Waals surface area contributed by atoms with Gasteiger partial charge in [-0.2, -0.15) is 0 Å². The summed E-state index contributed by atoms with van der Waals surface area (Å²) < 4.78 is 11.9. The van der Waals surface area contributed by atoms with Crippen molar-refractivity contribution in [2.24, 2.45) is 0 Å². The Morgan fingerprint density at radius 1 is 1.31 bits per heavy atom. The lowest BCUT2D eigenvalue weighted by atomic mass is 10.1. The van der Waals surface area contributed by atoms with Crippen LogP contribution in [0, 0.1) is 6.92 Å². The van der Waals surface area contributed by atoms with E-state index in [4.69, 9.17) is 19.4 Å². The van der Waals surface area contributed by atoms with Crippen molar-refractivity contribution in [1.29, 1.82) is 0 Å². The molecule has 0 spiro atoms. The van der Waals surface area contributed by atoms with Crippen molar-refractivity contribution in [2.75, 3.05) is 13.2 Å². The molecular formula is C15H21N3O8. The van der Waals surface area contributed by atoms with E-state index in [0.717, 1.165) is 11.5 Å². The lowest BCUT2D eigenvalue weighted by Gasteiger charge is -2.17. The van der Waals surface area contributed by atoms with Gasteiger partial charge >= 0.3 is 5.69 Å². The first-order chi connectivity index (χ1) is 12.2. The summed E-state index contributed by atoms with van der Waals surface area (Å²) in [5.74, 6) is -1.23. The lowest BCUT2D eigenvalue weighted by molar-refractivity contribution is -0.134. The Morgan fingerprint density at radius 3 is 2.58 bits per heavy atom. The van der Waals surface area contributed by atoms with Gasteiger partial charge in [0.25, 0.3) is 11.5 Å². The van der Waals surface area contributed by atoms with E-state index in [2.05, 4.69) is 10.3 Å². The van der Waals surface area contributed by atoms with Crippen LogP contribution in [-0.4, -0.2) is 69.2 Å². The van der Waals surface area contributed by atoms with Crippen molar-refractivity contribution < 1.29 is 29.3 Å². The second-order valence-electron chi connectivity index (χ2n) is 6.06. The minimum absolute atomic E-state index is 0.181. The highest BCUT2D eigenvalue weighted by Crippen LogP contribution is 2.26. The molecule has 2 fully saturated rings. The quantitative estimate of drug-likeness (QED) is 0.457. The smallest absolute Gasteiger partial charge is 0.328 e. The van der Waals surface area contributed by atoms with Gasteiger partial charge in [0.2, 0.25) is 5.91 Å². The van der Waals surface area contributed by atoms with Gasteiger partial charge in [-0.25, -0.2) is 4.79 Å². The monoisotopic (exact) mass is 371 g/mol. The van der Waals surface area contributed by atoms with Crippen LogP contribution in [0.3, 0.4) is 0 Å². The van der Waals surface area contributed by atoms with Crippen LogP contribution in [0.5, 0.6) is 0 Å². The van der Waals surface area contributed by atoms with Crippen molar-refractivity contribution in [1.82, 2.24) is 14.9 Å². The fraction of sp³-hybridized carbons (Fsp3) is 0.600. The summed E-state index contributed by atoms with van der Waals surface area (Å²) in [6, 6.07) is -0.366. The molecule has 0 unspecified atom stereocenters. The van der Waals surface area contributed by atoms with Crippen LogP contribution < -0.4 is 16.6 Å². The Kier molecular flexibility index (Phi) is 6.29. The Morgan fingerprint density at radius 2 is 1.92 bits per heavy atom. The molecule has 0 bridgehead atoms. The molecule has 0 aromatic carbocycles. The molecule has 3 rings (SSSR count). The number of H-pyrrole nitrogens is 1. The number of nitrogens with one attached hydrogen (secondary N) is 2. The zero-order valence-corrected chi connectivity index (χ0v) is 14.3. The maximum Gasteiger partial charge on any atom is 0.328 e. The number of ether oxygens (including phenoxy) is 2. The minimum Gasteiger partial charge on any atom is -0.481 e. The van der Waals surface area contributed by atoms with Crippen LogP contribution in [0.15, 0.2) is 15.8 Å². The van der Waals surface area contributed by atoms with Crippen molar-refractivity contribution >= 4 is 11.9 Å². The van der Waals surface area contributed by atoms with E-state index in [1.165, 1.54) is 6.20 Å².